The van der Waals surface area contributed by atoms with Crippen molar-refractivity contribution in [3.63, 3.8) is 0 Å². The Morgan fingerprint density at radius 1 is 1.16 bits per heavy atom. The standard InChI is InChI=1S/C13H11F3N2S/c1-18(2)12(19)11-5-3-8-7-9(13(14,15)16)4-6-10(8)17-11/h3-7H,1-2H3. The summed E-state index contributed by atoms with van der Waals surface area (Å²) in [5.74, 6) is 0. The van der Waals surface area contributed by atoms with Crippen molar-refractivity contribution in [2.24, 2.45) is 0 Å². The molecule has 0 saturated heterocycles. The molecule has 0 fully saturated rings. The number of hydrogen-bond acceptors (Lipinski definition) is 2. The Morgan fingerprint density at radius 2 is 1.84 bits per heavy atom. The fourth-order valence-corrected chi connectivity index (χ4v) is 1.76. The number of pyridine rings is 1. The van der Waals surface area contributed by atoms with Crippen LogP contribution in [0.4, 0.5) is 13.2 Å². The number of fused-ring (bicyclic) bond motifs is 1. The molecule has 2 aromatic rings. The van der Waals surface area contributed by atoms with E-state index >= 15 is 0 Å². The van der Waals surface area contributed by atoms with E-state index in [9.17, 15) is 13.2 Å². The number of nitrogens with zero attached hydrogens (tertiary/aromatic N) is 2. The number of thiocarbonyl (C=S) groups is 1. The lowest BCUT2D eigenvalue weighted by Gasteiger charge is -2.13. The van der Waals surface area contributed by atoms with Crippen LogP contribution in [0.2, 0.25) is 0 Å². The number of hydrogen-bond donors (Lipinski definition) is 0. The highest BCUT2D eigenvalue weighted by Crippen LogP contribution is 2.31. The largest absolute Gasteiger partial charge is 0.416 e. The molecule has 0 aliphatic heterocycles. The molecule has 2 rings (SSSR count). The summed E-state index contributed by atoms with van der Waals surface area (Å²) in [5, 5.41) is 0.445. The Hall–Kier alpha value is -1.69. The molecule has 0 saturated carbocycles. The summed E-state index contributed by atoms with van der Waals surface area (Å²) in [6.45, 7) is 0. The molecule has 2 nitrogen and oxygen atoms in total. The highest BCUT2D eigenvalue weighted by Gasteiger charge is 2.30. The van der Waals surface area contributed by atoms with E-state index in [1.54, 1.807) is 31.1 Å². The van der Waals surface area contributed by atoms with E-state index < -0.39 is 11.7 Å². The maximum Gasteiger partial charge on any atom is 0.416 e. The first-order chi connectivity index (χ1) is 8.79. The minimum atomic E-state index is -4.34. The van der Waals surface area contributed by atoms with Gasteiger partial charge >= 0.3 is 6.18 Å². The molecule has 0 atom stereocenters. The van der Waals surface area contributed by atoms with Crippen molar-refractivity contribution >= 4 is 28.1 Å². The summed E-state index contributed by atoms with van der Waals surface area (Å²) in [6, 6.07) is 6.70. The van der Waals surface area contributed by atoms with Gasteiger partial charge < -0.3 is 4.90 Å². The molecule has 0 unspecified atom stereocenters. The molecule has 100 valence electrons. The highest BCUT2D eigenvalue weighted by molar-refractivity contribution is 7.80. The number of benzene rings is 1. The van der Waals surface area contributed by atoms with Crippen LogP contribution in [-0.4, -0.2) is 29.0 Å². The van der Waals surface area contributed by atoms with Gasteiger partial charge in [-0.2, -0.15) is 13.2 Å². The van der Waals surface area contributed by atoms with Crippen molar-refractivity contribution in [3.8, 4) is 0 Å². The van der Waals surface area contributed by atoms with Crippen LogP contribution in [0, 0.1) is 0 Å². The average Bonchev–Trinajstić information content (AvgIpc) is 2.35. The minimum absolute atomic E-state index is 0.445. The molecule has 19 heavy (non-hydrogen) atoms. The number of aromatic nitrogens is 1. The molecule has 1 heterocycles. The third-order valence-corrected chi connectivity index (χ3v) is 3.22. The molecule has 6 heteroatoms. The number of rotatable bonds is 1. The second kappa shape index (κ2) is 4.77. The van der Waals surface area contributed by atoms with Gasteiger partial charge in [-0.05, 0) is 24.3 Å². The van der Waals surface area contributed by atoms with Crippen molar-refractivity contribution in [1.82, 2.24) is 9.88 Å². The Labute approximate surface area is 113 Å². The van der Waals surface area contributed by atoms with Gasteiger partial charge in [0.1, 0.15) is 4.99 Å². The Morgan fingerprint density at radius 3 is 2.42 bits per heavy atom. The Kier molecular flexibility index (Phi) is 3.45. The normalized spacial score (nSPS) is 11.6. The van der Waals surface area contributed by atoms with Crippen molar-refractivity contribution in [1.29, 1.82) is 0 Å². The van der Waals surface area contributed by atoms with Crippen LogP contribution < -0.4 is 0 Å². The fraction of sp³-hybridized carbons (Fsp3) is 0.231. The maximum atomic E-state index is 12.6. The van der Waals surface area contributed by atoms with Crippen LogP contribution in [0.3, 0.4) is 0 Å². The van der Waals surface area contributed by atoms with Gasteiger partial charge in [-0.1, -0.05) is 18.3 Å². The van der Waals surface area contributed by atoms with Crippen LogP contribution in [0.1, 0.15) is 11.3 Å². The summed E-state index contributed by atoms with van der Waals surface area (Å²) in [6.07, 6.45) is -4.34. The number of alkyl halides is 3. The van der Waals surface area contributed by atoms with Crippen LogP contribution in [0.25, 0.3) is 10.9 Å². The maximum absolute atomic E-state index is 12.6. The highest BCUT2D eigenvalue weighted by atomic mass is 32.1. The van der Waals surface area contributed by atoms with Gasteiger partial charge in [-0.25, -0.2) is 4.98 Å². The second-order valence-corrected chi connectivity index (χ2v) is 4.69. The Bertz CT molecular complexity index is 635. The van der Waals surface area contributed by atoms with Crippen molar-refractivity contribution in [2.45, 2.75) is 6.18 Å². The summed E-state index contributed by atoms with van der Waals surface area (Å²) < 4.78 is 37.7. The molecule has 1 aromatic carbocycles. The van der Waals surface area contributed by atoms with E-state index in [0.29, 0.717) is 21.6 Å². The van der Waals surface area contributed by atoms with E-state index in [4.69, 9.17) is 12.2 Å². The van der Waals surface area contributed by atoms with Crippen LogP contribution in [0.15, 0.2) is 30.3 Å². The molecule has 0 aliphatic rings. The van der Waals surface area contributed by atoms with Gasteiger partial charge in [0.25, 0.3) is 0 Å². The lowest BCUT2D eigenvalue weighted by molar-refractivity contribution is -0.137. The zero-order valence-corrected chi connectivity index (χ0v) is 11.1. The summed E-state index contributed by atoms with van der Waals surface area (Å²) in [7, 11) is 3.59. The van der Waals surface area contributed by atoms with E-state index in [0.717, 1.165) is 12.1 Å². The monoisotopic (exact) mass is 284 g/mol. The summed E-state index contributed by atoms with van der Waals surface area (Å²) >= 11 is 5.18. The second-order valence-electron chi connectivity index (χ2n) is 4.30. The lowest BCUT2D eigenvalue weighted by Crippen LogP contribution is -2.21. The molecule has 0 spiro atoms. The van der Waals surface area contributed by atoms with Gasteiger partial charge in [-0.15, -0.1) is 0 Å². The third-order valence-electron chi connectivity index (χ3n) is 2.64. The molecular weight excluding hydrogens is 273 g/mol. The van der Waals surface area contributed by atoms with Gasteiger partial charge in [0.05, 0.1) is 16.8 Å². The van der Waals surface area contributed by atoms with Gasteiger partial charge in [0.2, 0.25) is 0 Å². The van der Waals surface area contributed by atoms with E-state index in [1.807, 2.05) is 0 Å². The van der Waals surface area contributed by atoms with E-state index in [2.05, 4.69) is 4.98 Å². The quantitative estimate of drug-likeness (QED) is 0.746. The average molecular weight is 284 g/mol. The summed E-state index contributed by atoms with van der Waals surface area (Å²) in [5.41, 5.74) is 0.395. The van der Waals surface area contributed by atoms with E-state index in [-0.39, 0.29) is 0 Å². The SMILES string of the molecule is CN(C)C(=S)c1ccc2cc(C(F)(F)F)ccc2n1. The number of halogens is 3. The first kappa shape index (κ1) is 13.7. The van der Waals surface area contributed by atoms with Gasteiger partial charge in [-0.3, -0.25) is 0 Å². The predicted octanol–water partition coefficient (Wildman–Crippen LogP) is 3.49. The first-order valence-corrected chi connectivity index (χ1v) is 5.89. The first-order valence-electron chi connectivity index (χ1n) is 5.49. The molecule has 0 radical (unpaired) electrons. The molecule has 1 aromatic heterocycles. The third kappa shape index (κ3) is 2.84. The topological polar surface area (TPSA) is 16.1 Å². The molecule has 0 bridgehead atoms. The minimum Gasteiger partial charge on any atom is -0.367 e. The zero-order valence-electron chi connectivity index (χ0n) is 10.3. The van der Waals surface area contributed by atoms with Gasteiger partial charge in [0, 0.05) is 19.5 Å². The fourth-order valence-electron chi connectivity index (χ4n) is 1.65. The van der Waals surface area contributed by atoms with E-state index in [1.165, 1.54) is 6.07 Å². The lowest BCUT2D eigenvalue weighted by atomic mass is 10.1. The molecule has 0 aliphatic carbocycles. The van der Waals surface area contributed by atoms with Crippen molar-refractivity contribution in [3.05, 3.63) is 41.6 Å². The van der Waals surface area contributed by atoms with Crippen LogP contribution in [-0.2, 0) is 6.18 Å². The molecular formula is C13H11F3N2S. The molecule has 0 N–H and O–H groups in total. The van der Waals surface area contributed by atoms with Crippen molar-refractivity contribution in [2.75, 3.05) is 14.1 Å². The smallest absolute Gasteiger partial charge is 0.367 e. The van der Waals surface area contributed by atoms with Crippen LogP contribution in [0.5, 0.6) is 0 Å². The molecule has 0 amide bonds. The summed E-state index contributed by atoms with van der Waals surface area (Å²) in [4.78, 5) is 6.54. The zero-order chi connectivity index (χ0) is 14.2. The van der Waals surface area contributed by atoms with Crippen LogP contribution >= 0.6 is 12.2 Å². The predicted molar refractivity (Wildman–Crippen MR) is 72.1 cm³/mol. The van der Waals surface area contributed by atoms with Gasteiger partial charge in [0.15, 0.2) is 0 Å². The Balaban J connectivity index is 2.49. The van der Waals surface area contributed by atoms with Crippen molar-refractivity contribution < 1.29 is 13.2 Å².